The summed E-state index contributed by atoms with van der Waals surface area (Å²) in [5, 5.41) is 7.38. The van der Waals surface area contributed by atoms with Crippen LogP contribution in [0.15, 0.2) is 72.0 Å². The lowest BCUT2D eigenvalue weighted by Crippen LogP contribution is -2.23. The summed E-state index contributed by atoms with van der Waals surface area (Å²) in [6, 6.07) is 17.8. The fourth-order valence-corrected chi connectivity index (χ4v) is 2.50. The van der Waals surface area contributed by atoms with Crippen LogP contribution in [0.25, 0.3) is 5.69 Å². The number of halogens is 1. The maximum Gasteiger partial charge on any atom is 0.193 e. The number of aliphatic imine (C=N–C) groups is 1. The standard InChI is InChI=1S/C19H21N5O.HI/c1-25-14-16-7-2-3-9-18(16)23-19(20)21-13-15-6-4-8-17(12-15)24-11-5-10-22-24;/h2-12H,13-14H2,1H3,(H3,20,21,23);1H. The first-order chi connectivity index (χ1) is 12.3. The Labute approximate surface area is 170 Å². The average Bonchev–Trinajstić information content (AvgIpc) is 3.17. The molecule has 6 nitrogen and oxygen atoms in total. The van der Waals surface area contributed by atoms with Gasteiger partial charge < -0.3 is 15.8 Å². The van der Waals surface area contributed by atoms with Gasteiger partial charge in [0.05, 0.1) is 18.8 Å². The monoisotopic (exact) mass is 463 g/mol. The predicted octanol–water partition coefficient (Wildman–Crippen LogP) is 3.56. The van der Waals surface area contributed by atoms with E-state index in [4.69, 9.17) is 10.5 Å². The molecule has 2 aromatic carbocycles. The van der Waals surface area contributed by atoms with E-state index in [9.17, 15) is 0 Å². The van der Waals surface area contributed by atoms with Crippen LogP contribution in [0.1, 0.15) is 11.1 Å². The third-order valence-electron chi connectivity index (χ3n) is 3.69. The summed E-state index contributed by atoms with van der Waals surface area (Å²) in [6.07, 6.45) is 3.66. The Kier molecular flexibility index (Phi) is 7.61. The summed E-state index contributed by atoms with van der Waals surface area (Å²) in [6.45, 7) is 1.00. The van der Waals surface area contributed by atoms with E-state index < -0.39 is 0 Å². The fourth-order valence-electron chi connectivity index (χ4n) is 2.50. The van der Waals surface area contributed by atoms with Crippen LogP contribution in [0, 0.1) is 0 Å². The number of benzene rings is 2. The van der Waals surface area contributed by atoms with Crippen molar-refractivity contribution in [3.63, 3.8) is 0 Å². The van der Waals surface area contributed by atoms with Crippen LogP contribution in [0.4, 0.5) is 5.69 Å². The molecule has 0 aliphatic heterocycles. The Balaban J connectivity index is 0.00000243. The van der Waals surface area contributed by atoms with Crippen molar-refractivity contribution in [1.82, 2.24) is 9.78 Å². The van der Waals surface area contributed by atoms with Gasteiger partial charge >= 0.3 is 0 Å². The van der Waals surface area contributed by atoms with Gasteiger partial charge in [-0.25, -0.2) is 9.67 Å². The van der Waals surface area contributed by atoms with Crippen LogP contribution >= 0.6 is 24.0 Å². The minimum Gasteiger partial charge on any atom is -0.380 e. The molecule has 0 aliphatic carbocycles. The molecule has 3 rings (SSSR count). The number of para-hydroxylation sites is 1. The Hall–Kier alpha value is -2.39. The molecule has 1 heterocycles. The quantitative estimate of drug-likeness (QED) is 0.333. The molecule has 136 valence electrons. The molecule has 7 heteroatoms. The van der Waals surface area contributed by atoms with Gasteiger partial charge in [0.1, 0.15) is 0 Å². The van der Waals surface area contributed by atoms with Crippen LogP contribution in [0.5, 0.6) is 0 Å². The van der Waals surface area contributed by atoms with Crippen molar-refractivity contribution in [2.75, 3.05) is 12.4 Å². The number of anilines is 1. The minimum absolute atomic E-state index is 0. The zero-order valence-corrected chi connectivity index (χ0v) is 16.8. The lowest BCUT2D eigenvalue weighted by molar-refractivity contribution is 0.185. The molecule has 1 aromatic heterocycles. The summed E-state index contributed by atoms with van der Waals surface area (Å²) < 4.78 is 7.01. The Bertz CT molecular complexity index is 849. The molecule has 0 spiro atoms. The Morgan fingerprint density at radius 1 is 1.19 bits per heavy atom. The molecular weight excluding hydrogens is 441 g/mol. The van der Waals surface area contributed by atoms with Crippen molar-refractivity contribution in [2.24, 2.45) is 10.7 Å². The maximum absolute atomic E-state index is 6.03. The van der Waals surface area contributed by atoms with E-state index in [2.05, 4.69) is 15.4 Å². The predicted molar refractivity (Wildman–Crippen MR) is 115 cm³/mol. The van der Waals surface area contributed by atoms with Gasteiger partial charge in [0, 0.05) is 30.8 Å². The van der Waals surface area contributed by atoms with Crippen molar-refractivity contribution in [3.8, 4) is 5.69 Å². The largest absolute Gasteiger partial charge is 0.380 e. The molecule has 0 atom stereocenters. The number of nitrogens with one attached hydrogen (secondary N) is 1. The van der Waals surface area contributed by atoms with Crippen LogP contribution in [-0.2, 0) is 17.9 Å². The van der Waals surface area contributed by atoms with Gasteiger partial charge in [0.15, 0.2) is 5.96 Å². The number of hydrogen-bond donors (Lipinski definition) is 2. The van der Waals surface area contributed by atoms with Gasteiger partial charge in [-0.1, -0.05) is 30.3 Å². The number of methoxy groups -OCH3 is 1. The molecule has 26 heavy (non-hydrogen) atoms. The molecule has 0 aliphatic rings. The molecular formula is C19H22IN5O. The smallest absolute Gasteiger partial charge is 0.193 e. The number of nitrogens with zero attached hydrogens (tertiary/aromatic N) is 3. The topological polar surface area (TPSA) is 77.5 Å². The first-order valence-corrected chi connectivity index (χ1v) is 7.99. The van der Waals surface area contributed by atoms with E-state index >= 15 is 0 Å². The van der Waals surface area contributed by atoms with Gasteiger partial charge in [0.2, 0.25) is 0 Å². The third-order valence-corrected chi connectivity index (χ3v) is 3.69. The summed E-state index contributed by atoms with van der Waals surface area (Å²) in [7, 11) is 1.67. The fraction of sp³-hybridized carbons (Fsp3) is 0.158. The zero-order valence-electron chi connectivity index (χ0n) is 14.5. The van der Waals surface area contributed by atoms with Crippen LogP contribution in [-0.4, -0.2) is 22.8 Å². The van der Waals surface area contributed by atoms with Gasteiger partial charge in [-0.3, -0.25) is 0 Å². The molecule has 3 N–H and O–H groups in total. The SMILES string of the molecule is COCc1ccccc1NC(N)=NCc1cccc(-n2cccn2)c1.I. The van der Waals surface area contributed by atoms with Gasteiger partial charge in [-0.05, 0) is 29.8 Å². The highest BCUT2D eigenvalue weighted by molar-refractivity contribution is 14.0. The van der Waals surface area contributed by atoms with E-state index in [1.807, 2.05) is 65.5 Å². The van der Waals surface area contributed by atoms with Crippen LogP contribution in [0.3, 0.4) is 0 Å². The van der Waals surface area contributed by atoms with E-state index in [0.29, 0.717) is 19.1 Å². The van der Waals surface area contributed by atoms with Gasteiger partial charge in [-0.2, -0.15) is 5.10 Å². The second-order valence-corrected chi connectivity index (χ2v) is 5.54. The highest BCUT2D eigenvalue weighted by atomic mass is 127. The molecule has 0 saturated heterocycles. The second kappa shape index (κ2) is 9.93. The molecule has 0 saturated carbocycles. The van der Waals surface area contributed by atoms with Crippen molar-refractivity contribution in [2.45, 2.75) is 13.2 Å². The lowest BCUT2D eigenvalue weighted by atomic mass is 10.2. The summed E-state index contributed by atoms with van der Waals surface area (Å²) in [4.78, 5) is 4.43. The molecule has 0 bridgehead atoms. The number of aromatic nitrogens is 2. The van der Waals surface area contributed by atoms with Crippen LogP contribution < -0.4 is 11.1 Å². The first kappa shape index (κ1) is 19.9. The van der Waals surface area contributed by atoms with E-state index in [0.717, 1.165) is 22.5 Å². The normalized spacial score (nSPS) is 11.0. The number of nitrogens with two attached hydrogens (primary N) is 1. The number of ether oxygens (including phenoxy) is 1. The molecule has 0 unspecified atom stereocenters. The number of guanidine groups is 1. The van der Waals surface area contributed by atoms with E-state index in [1.165, 1.54) is 0 Å². The van der Waals surface area contributed by atoms with Gasteiger partial charge in [0.25, 0.3) is 0 Å². The van der Waals surface area contributed by atoms with E-state index in [-0.39, 0.29) is 24.0 Å². The maximum atomic E-state index is 6.03. The van der Waals surface area contributed by atoms with Crippen molar-refractivity contribution in [3.05, 3.63) is 78.1 Å². The van der Waals surface area contributed by atoms with Gasteiger partial charge in [-0.15, -0.1) is 24.0 Å². The Morgan fingerprint density at radius 3 is 2.81 bits per heavy atom. The summed E-state index contributed by atoms with van der Waals surface area (Å²) >= 11 is 0. The van der Waals surface area contributed by atoms with E-state index in [1.54, 1.807) is 13.3 Å². The lowest BCUT2D eigenvalue weighted by Gasteiger charge is -2.11. The van der Waals surface area contributed by atoms with Crippen molar-refractivity contribution in [1.29, 1.82) is 0 Å². The molecule has 0 fully saturated rings. The van der Waals surface area contributed by atoms with Crippen molar-refractivity contribution >= 4 is 35.6 Å². The zero-order chi connectivity index (χ0) is 17.5. The molecule has 3 aromatic rings. The third kappa shape index (κ3) is 5.30. The molecule has 0 radical (unpaired) electrons. The average molecular weight is 463 g/mol. The number of rotatable bonds is 6. The Morgan fingerprint density at radius 2 is 2.04 bits per heavy atom. The highest BCUT2D eigenvalue weighted by Crippen LogP contribution is 2.16. The summed E-state index contributed by atoms with van der Waals surface area (Å²) in [5.41, 5.74) is 10.0. The molecule has 0 amide bonds. The highest BCUT2D eigenvalue weighted by Gasteiger charge is 2.03. The van der Waals surface area contributed by atoms with Crippen LogP contribution in [0.2, 0.25) is 0 Å². The first-order valence-electron chi connectivity index (χ1n) is 7.99. The summed E-state index contributed by atoms with van der Waals surface area (Å²) in [5.74, 6) is 0.369. The second-order valence-electron chi connectivity index (χ2n) is 5.54. The number of hydrogen-bond acceptors (Lipinski definition) is 3. The van der Waals surface area contributed by atoms with Crippen molar-refractivity contribution < 1.29 is 4.74 Å². The minimum atomic E-state index is 0.